The van der Waals surface area contributed by atoms with Crippen molar-refractivity contribution in [3.05, 3.63) is 17.5 Å². The Labute approximate surface area is 106 Å². The SMILES string of the molecule is CCNC(C)(CO)CCCSc1cccs1. The van der Waals surface area contributed by atoms with Crippen LogP contribution in [0.2, 0.25) is 0 Å². The summed E-state index contributed by atoms with van der Waals surface area (Å²) < 4.78 is 1.38. The highest BCUT2D eigenvalue weighted by Crippen LogP contribution is 2.25. The van der Waals surface area contributed by atoms with E-state index < -0.39 is 0 Å². The number of thiophene rings is 1. The van der Waals surface area contributed by atoms with Gasteiger partial charge in [-0.05, 0) is 43.5 Å². The van der Waals surface area contributed by atoms with Crippen LogP contribution in [0.15, 0.2) is 21.7 Å². The molecule has 0 radical (unpaired) electrons. The van der Waals surface area contributed by atoms with Gasteiger partial charge >= 0.3 is 0 Å². The standard InChI is InChI=1S/C12H21NOS2/c1-3-13-12(2,10-14)7-5-9-16-11-6-4-8-15-11/h4,6,8,13-14H,3,5,7,9-10H2,1-2H3. The molecule has 1 aromatic rings. The molecule has 0 aliphatic heterocycles. The lowest BCUT2D eigenvalue weighted by molar-refractivity contribution is 0.167. The predicted octanol–water partition coefficient (Wildman–Crippen LogP) is 2.98. The van der Waals surface area contributed by atoms with Gasteiger partial charge in [0.25, 0.3) is 0 Å². The van der Waals surface area contributed by atoms with E-state index in [1.54, 1.807) is 11.3 Å². The maximum Gasteiger partial charge on any atom is 0.0610 e. The fourth-order valence-electron chi connectivity index (χ4n) is 1.63. The van der Waals surface area contributed by atoms with Gasteiger partial charge < -0.3 is 10.4 Å². The Balaban J connectivity index is 2.18. The largest absolute Gasteiger partial charge is 0.394 e. The average molecular weight is 259 g/mol. The Bertz CT molecular complexity index is 277. The number of hydrogen-bond donors (Lipinski definition) is 2. The second-order valence-corrected chi connectivity index (χ2v) is 6.48. The summed E-state index contributed by atoms with van der Waals surface area (Å²) in [6, 6.07) is 4.24. The first-order valence-corrected chi connectivity index (χ1v) is 7.59. The van der Waals surface area contributed by atoms with Crippen molar-refractivity contribution < 1.29 is 5.11 Å². The molecule has 2 N–H and O–H groups in total. The van der Waals surface area contributed by atoms with Crippen LogP contribution >= 0.6 is 23.1 Å². The second-order valence-electron chi connectivity index (χ2n) is 4.13. The second kappa shape index (κ2) is 7.33. The average Bonchev–Trinajstić information content (AvgIpc) is 2.78. The molecule has 0 amide bonds. The van der Waals surface area contributed by atoms with Gasteiger partial charge in [-0.1, -0.05) is 13.0 Å². The maximum absolute atomic E-state index is 9.33. The fraction of sp³-hybridized carbons (Fsp3) is 0.667. The minimum absolute atomic E-state index is 0.106. The number of aliphatic hydroxyl groups excluding tert-OH is 1. The van der Waals surface area contributed by atoms with Crippen LogP contribution in [0.25, 0.3) is 0 Å². The summed E-state index contributed by atoms with van der Waals surface area (Å²) >= 11 is 3.70. The van der Waals surface area contributed by atoms with Gasteiger partial charge in [-0.25, -0.2) is 0 Å². The molecule has 1 unspecified atom stereocenters. The number of thioether (sulfide) groups is 1. The summed E-state index contributed by atoms with van der Waals surface area (Å²) in [5, 5.41) is 14.8. The van der Waals surface area contributed by atoms with Gasteiger partial charge in [0.05, 0.1) is 10.8 Å². The van der Waals surface area contributed by atoms with Crippen LogP contribution in [-0.2, 0) is 0 Å². The Morgan fingerprint density at radius 1 is 1.56 bits per heavy atom. The third kappa shape index (κ3) is 4.87. The highest BCUT2D eigenvalue weighted by molar-refractivity contribution is 8.01. The van der Waals surface area contributed by atoms with E-state index in [1.165, 1.54) is 4.21 Å². The topological polar surface area (TPSA) is 32.3 Å². The Morgan fingerprint density at radius 3 is 2.94 bits per heavy atom. The lowest BCUT2D eigenvalue weighted by Gasteiger charge is -2.28. The van der Waals surface area contributed by atoms with Crippen molar-refractivity contribution in [2.45, 2.75) is 36.4 Å². The first-order chi connectivity index (χ1) is 7.70. The van der Waals surface area contributed by atoms with Crippen molar-refractivity contribution in [2.75, 3.05) is 18.9 Å². The van der Waals surface area contributed by atoms with Crippen molar-refractivity contribution in [1.82, 2.24) is 5.32 Å². The third-order valence-corrected chi connectivity index (χ3v) is 4.78. The molecule has 4 heteroatoms. The Kier molecular flexibility index (Phi) is 6.43. The lowest BCUT2D eigenvalue weighted by atomic mass is 9.97. The van der Waals surface area contributed by atoms with Gasteiger partial charge in [0.15, 0.2) is 0 Å². The zero-order valence-corrected chi connectivity index (χ0v) is 11.7. The van der Waals surface area contributed by atoms with Gasteiger partial charge in [-0.15, -0.1) is 23.1 Å². The van der Waals surface area contributed by atoms with Crippen LogP contribution in [-0.4, -0.2) is 29.5 Å². The monoisotopic (exact) mass is 259 g/mol. The zero-order valence-electron chi connectivity index (χ0n) is 10.0. The molecule has 92 valence electrons. The van der Waals surface area contributed by atoms with Crippen molar-refractivity contribution in [3.63, 3.8) is 0 Å². The molecule has 0 aliphatic rings. The van der Waals surface area contributed by atoms with E-state index in [2.05, 4.69) is 36.7 Å². The minimum atomic E-state index is -0.106. The third-order valence-electron chi connectivity index (χ3n) is 2.56. The summed E-state index contributed by atoms with van der Waals surface area (Å²) in [6.07, 6.45) is 2.16. The summed E-state index contributed by atoms with van der Waals surface area (Å²) in [7, 11) is 0. The van der Waals surface area contributed by atoms with Crippen molar-refractivity contribution >= 4 is 23.1 Å². The number of aliphatic hydroxyl groups is 1. The van der Waals surface area contributed by atoms with Gasteiger partial charge in [0.2, 0.25) is 0 Å². The smallest absolute Gasteiger partial charge is 0.0610 e. The van der Waals surface area contributed by atoms with Gasteiger partial charge in [0.1, 0.15) is 0 Å². The van der Waals surface area contributed by atoms with E-state index in [1.807, 2.05) is 11.8 Å². The highest BCUT2D eigenvalue weighted by Gasteiger charge is 2.20. The van der Waals surface area contributed by atoms with Crippen LogP contribution in [0.3, 0.4) is 0 Å². The predicted molar refractivity (Wildman–Crippen MR) is 73.4 cm³/mol. The summed E-state index contributed by atoms with van der Waals surface area (Å²) in [4.78, 5) is 0. The van der Waals surface area contributed by atoms with E-state index in [4.69, 9.17) is 0 Å². The molecule has 0 saturated heterocycles. The number of likely N-dealkylation sites (N-methyl/N-ethyl adjacent to an activating group) is 1. The van der Waals surface area contributed by atoms with Gasteiger partial charge in [-0.3, -0.25) is 0 Å². The first-order valence-electron chi connectivity index (χ1n) is 5.72. The van der Waals surface area contributed by atoms with E-state index >= 15 is 0 Å². The molecule has 0 spiro atoms. The van der Waals surface area contributed by atoms with Crippen LogP contribution in [0, 0.1) is 0 Å². The molecule has 1 rings (SSSR count). The minimum Gasteiger partial charge on any atom is -0.394 e. The van der Waals surface area contributed by atoms with E-state index in [9.17, 15) is 5.11 Å². The highest BCUT2D eigenvalue weighted by atomic mass is 32.2. The fourth-order valence-corrected chi connectivity index (χ4v) is 3.43. The quantitative estimate of drug-likeness (QED) is 0.556. The molecule has 1 aromatic heterocycles. The normalized spacial score (nSPS) is 14.9. The van der Waals surface area contributed by atoms with E-state index in [-0.39, 0.29) is 12.1 Å². The van der Waals surface area contributed by atoms with Crippen LogP contribution in [0.1, 0.15) is 26.7 Å². The van der Waals surface area contributed by atoms with Crippen molar-refractivity contribution in [3.8, 4) is 0 Å². The Hall–Kier alpha value is -0.0300. The van der Waals surface area contributed by atoms with Crippen molar-refractivity contribution in [1.29, 1.82) is 0 Å². The molecule has 2 nitrogen and oxygen atoms in total. The summed E-state index contributed by atoms with van der Waals surface area (Å²) in [6.45, 7) is 5.29. The molecule has 0 aromatic carbocycles. The summed E-state index contributed by atoms with van der Waals surface area (Å²) in [5.41, 5.74) is -0.106. The molecular formula is C12H21NOS2. The summed E-state index contributed by atoms with van der Waals surface area (Å²) in [5.74, 6) is 1.13. The molecule has 0 aliphatic carbocycles. The molecule has 16 heavy (non-hydrogen) atoms. The van der Waals surface area contributed by atoms with Crippen LogP contribution < -0.4 is 5.32 Å². The lowest BCUT2D eigenvalue weighted by Crippen LogP contribution is -2.45. The maximum atomic E-state index is 9.33. The molecule has 1 heterocycles. The first kappa shape index (κ1) is 14.0. The van der Waals surface area contributed by atoms with Crippen LogP contribution in [0.5, 0.6) is 0 Å². The molecule has 0 saturated carbocycles. The molecule has 1 atom stereocenters. The molecule has 0 bridgehead atoms. The molecular weight excluding hydrogens is 238 g/mol. The van der Waals surface area contributed by atoms with Crippen LogP contribution in [0.4, 0.5) is 0 Å². The Morgan fingerprint density at radius 2 is 2.38 bits per heavy atom. The van der Waals surface area contributed by atoms with E-state index in [0.29, 0.717) is 0 Å². The number of nitrogens with one attached hydrogen (secondary N) is 1. The zero-order chi connectivity index (χ0) is 11.9. The van der Waals surface area contributed by atoms with E-state index in [0.717, 1.165) is 25.1 Å². The van der Waals surface area contributed by atoms with Gasteiger partial charge in [0, 0.05) is 5.54 Å². The number of rotatable bonds is 8. The number of hydrogen-bond acceptors (Lipinski definition) is 4. The molecule has 0 fully saturated rings. The van der Waals surface area contributed by atoms with Gasteiger partial charge in [-0.2, -0.15) is 0 Å². The van der Waals surface area contributed by atoms with Crippen molar-refractivity contribution in [2.24, 2.45) is 0 Å².